The number of rotatable bonds is 4. The maximum absolute atomic E-state index is 13.0. The highest BCUT2D eigenvalue weighted by Crippen LogP contribution is 2.29. The number of amides is 1. The lowest BCUT2D eigenvalue weighted by Gasteiger charge is -2.46. The molecule has 1 aromatic carbocycles. The standard InChI is InChI=1S/C20H28N2O5S/c1-26-16-7-9-19(10-8-16)28(24,25)22-13-17-11-21(12-18(14-22)27-17)20(23)15-5-3-2-4-6-15/h7-10,15,17-18H,2-6,11-14H2,1H3/t17-,18+. The van der Waals surface area contributed by atoms with Gasteiger partial charge in [0, 0.05) is 32.1 Å². The van der Waals surface area contributed by atoms with E-state index in [0.717, 1.165) is 25.7 Å². The first-order valence-electron chi connectivity index (χ1n) is 10.1. The molecule has 3 fully saturated rings. The molecule has 0 N–H and O–H groups in total. The zero-order valence-corrected chi connectivity index (χ0v) is 17.1. The summed E-state index contributed by atoms with van der Waals surface area (Å²) in [7, 11) is -2.04. The van der Waals surface area contributed by atoms with Crippen LogP contribution in [0.5, 0.6) is 5.75 Å². The first kappa shape index (κ1) is 19.7. The van der Waals surface area contributed by atoms with E-state index in [1.807, 2.05) is 4.90 Å². The van der Waals surface area contributed by atoms with Crippen LogP contribution in [0.3, 0.4) is 0 Å². The minimum atomic E-state index is -3.59. The van der Waals surface area contributed by atoms with Gasteiger partial charge in [-0.15, -0.1) is 0 Å². The number of benzene rings is 1. The molecular weight excluding hydrogens is 380 g/mol. The van der Waals surface area contributed by atoms with E-state index in [4.69, 9.17) is 9.47 Å². The number of fused-ring (bicyclic) bond motifs is 2. The van der Waals surface area contributed by atoms with Gasteiger partial charge in [-0.2, -0.15) is 4.31 Å². The number of ether oxygens (including phenoxy) is 2. The Morgan fingerprint density at radius 3 is 2.18 bits per heavy atom. The van der Waals surface area contributed by atoms with Crippen LogP contribution in [0.25, 0.3) is 0 Å². The Morgan fingerprint density at radius 1 is 1.00 bits per heavy atom. The van der Waals surface area contributed by atoms with Crippen molar-refractivity contribution in [1.29, 1.82) is 0 Å². The van der Waals surface area contributed by atoms with Crippen LogP contribution in [0.1, 0.15) is 32.1 Å². The number of morpholine rings is 2. The molecule has 154 valence electrons. The van der Waals surface area contributed by atoms with E-state index >= 15 is 0 Å². The van der Waals surface area contributed by atoms with Crippen LogP contribution < -0.4 is 4.74 Å². The number of hydrogen-bond acceptors (Lipinski definition) is 5. The van der Waals surface area contributed by atoms with Crippen LogP contribution in [0.4, 0.5) is 0 Å². The van der Waals surface area contributed by atoms with Crippen molar-refractivity contribution in [2.24, 2.45) is 5.92 Å². The number of nitrogens with zero attached hydrogens (tertiary/aromatic N) is 2. The molecule has 2 aliphatic heterocycles. The Labute approximate surface area is 166 Å². The van der Waals surface area contributed by atoms with Crippen molar-refractivity contribution >= 4 is 15.9 Å². The Kier molecular flexibility index (Phi) is 5.62. The molecule has 28 heavy (non-hydrogen) atoms. The highest BCUT2D eigenvalue weighted by Gasteiger charge is 2.42. The Balaban J connectivity index is 1.43. The van der Waals surface area contributed by atoms with Gasteiger partial charge >= 0.3 is 0 Å². The summed E-state index contributed by atoms with van der Waals surface area (Å²) in [4.78, 5) is 15.0. The van der Waals surface area contributed by atoms with Gasteiger partial charge in [-0.25, -0.2) is 8.42 Å². The lowest BCUT2D eigenvalue weighted by Crippen LogP contribution is -2.62. The van der Waals surface area contributed by atoms with Gasteiger partial charge in [0.25, 0.3) is 0 Å². The van der Waals surface area contributed by atoms with Crippen LogP contribution in [0.2, 0.25) is 0 Å². The maximum atomic E-state index is 13.0. The molecule has 4 rings (SSSR count). The van der Waals surface area contributed by atoms with Gasteiger partial charge in [-0.05, 0) is 37.1 Å². The van der Waals surface area contributed by atoms with Gasteiger partial charge in [0.05, 0.1) is 24.2 Å². The van der Waals surface area contributed by atoms with Crippen molar-refractivity contribution < 1.29 is 22.7 Å². The summed E-state index contributed by atoms with van der Waals surface area (Å²) in [5.41, 5.74) is 0. The van der Waals surface area contributed by atoms with E-state index < -0.39 is 10.0 Å². The van der Waals surface area contributed by atoms with Crippen LogP contribution in [0.15, 0.2) is 29.2 Å². The lowest BCUT2D eigenvalue weighted by atomic mass is 9.88. The summed E-state index contributed by atoms with van der Waals surface area (Å²) in [5.74, 6) is 0.978. The molecule has 0 aromatic heterocycles. The average molecular weight is 409 g/mol. The maximum Gasteiger partial charge on any atom is 0.243 e. The molecular formula is C20H28N2O5S. The van der Waals surface area contributed by atoms with Crippen LogP contribution in [-0.4, -0.2) is 69.0 Å². The molecule has 1 aromatic rings. The first-order chi connectivity index (χ1) is 13.5. The largest absolute Gasteiger partial charge is 0.497 e. The van der Waals surface area contributed by atoms with Gasteiger partial charge in [0.1, 0.15) is 5.75 Å². The molecule has 8 heteroatoms. The van der Waals surface area contributed by atoms with E-state index in [9.17, 15) is 13.2 Å². The second kappa shape index (κ2) is 8.00. The third-order valence-corrected chi connectivity index (χ3v) is 7.86. The summed E-state index contributed by atoms with van der Waals surface area (Å²) in [6.45, 7) is 1.50. The third kappa shape index (κ3) is 3.90. The van der Waals surface area contributed by atoms with Crippen LogP contribution in [-0.2, 0) is 19.6 Å². The molecule has 2 saturated heterocycles. The van der Waals surface area contributed by atoms with E-state index in [1.54, 1.807) is 31.4 Å². The summed E-state index contributed by atoms with van der Waals surface area (Å²) in [6.07, 6.45) is 4.88. The smallest absolute Gasteiger partial charge is 0.243 e. The summed E-state index contributed by atoms with van der Waals surface area (Å²) >= 11 is 0. The second-order valence-electron chi connectivity index (χ2n) is 7.96. The van der Waals surface area contributed by atoms with Crippen molar-refractivity contribution in [3.8, 4) is 5.75 Å². The number of carbonyl (C=O) groups excluding carboxylic acids is 1. The predicted molar refractivity (Wildman–Crippen MR) is 104 cm³/mol. The van der Waals surface area contributed by atoms with Crippen molar-refractivity contribution in [2.45, 2.75) is 49.2 Å². The van der Waals surface area contributed by atoms with E-state index in [1.165, 1.54) is 10.7 Å². The first-order valence-corrected chi connectivity index (χ1v) is 11.5. The number of methoxy groups -OCH3 is 1. The molecule has 0 spiro atoms. The second-order valence-corrected chi connectivity index (χ2v) is 9.89. The molecule has 1 aliphatic carbocycles. The lowest BCUT2D eigenvalue weighted by molar-refractivity contribution is -0.159. The summed E-state index contributed by atoms with van der Waals surface area (Å²) < 4.78 is 38.6. The van der Waals surface area contributed by atoms with Crippen molar-refractivity contribution in [2.75, 3.05) is 33.3 Å². The van der Waals surface area contributed by atoms with Gasteiger partial charge in [0.15, 0.2) is 0 Å². The summed E-state index contributed by atoms with van der Waals surface area (Å²) in [6, 6.07) is 6.44. The molecule has 2 atom stereocenters. The minimum Gasteiger partial charge on any atom is -0.497 e. The molecule has 0 unspecified atom stereocenters. The minimum absolute atomic E-state index is 0.131. The monoisotopic (exact) mass is 408 g/mol. The normalized spacial score (nSPS) is 26.8. The van der Waals surface area contributed by atoms with Gasteiger partial charge in [-0.1, -0.05) is 19.3 Å². The average Bonchev–Trinajstić information content (AvgIpc) is 2.73. The zero-order valence-electron chi connectivity index (χ0n) is 16.2. The van der Waals surface area contributed by atoms with Gasteiger partial charge in [0.2, 0.25) is 15.9 Å². The zero-order chi connectivity index (χ0) is 19.7. The molecule has 1 amide bonds. The van der Waals surface area contributed by atoms with Gasteiger partial charge in [-0.3, -0.25) is 4.79 Å². The Morgan fingerprint density at radius 2 is 1.61 bits per heavy atom. The fourth-order valence-corrected chi connectivity index (χ4v) is 6.04. The predicted octanol–water partition coefficient (Wildman–Crippen LogP) is 1.88. The number of carbonyl (C=O) groups is 1. The van der Waals surface area contributed by atoms with Crippen molar-refractivity contribution in [3.05, 3.63) is 24.3 Å². The molecule has 1 saturated carbocycles. The van der Waals surface area contributed by atoms with Gasteiger partial charge < -0.3 is 14.4 Å². The SMILES string of the molecule is COc1ccc(S(=O)(=O)N2C[C@H]3CN(C(=O)C4CCCCC4)C[C@@H](C2)O3)cc1. The molecule has 2 bridgehead atoms. The highest BCUT2D eigenvalue weighted by atomic mass is 32.2. The number of hydrogen-bond donors (Lipinski definition) is 0. The Bertz CT molecular complexity index is 790. The Hall–Kier alpha value is -1.64. The number of sulfonamides is 1. The molecule has 7 nitrogen and oxygen atoms in total. The molecule has 2 heterocycles. The van der Waals surface area contributed by atoms with Crippen LogP contribution in [0, 0.1) is 5.92 Å². The van der Waals surface area contributed by atoms with Crippen molar-refractivity contribution in [3.63, 3.8) is 0 Å². The fourth-order valence-electron chi connectivity index (χ4n) is 4.54. The van der Waals surface area contributed by atoms with E-state index in [0.29, 0.717) is 18.8 Å². The molecule has 3 aliphatic rings. The van der Waals surface area contributed by atoms with Crippen LogP contribution >= 0.6 is 0 Å². The molecule has 0 radical (unpaired) electrons. The fraction of sp³-hybridized carbons (Fsp3) is 0.650. The van der Waals surface area contributed by atoms with Crippen molar-refractivity contribution in [1.82, 2.24) is 9.21 Å². The quantitative estimate of drug-likeness (QED) is 0.760. The topological polar surface area (TPSA) is 76.2 Å². The van der Waals surface area contributed by atoms with E-state index in [-0.39, 0.29) is 42.0 Å². The summed E-state index contributed by atoms with van der Waals surface area (Å²) in [5, 5.41) is 0. The highest BCUT2D eigenvalue weighted by molar-refractivity contribution is 7.89. The third-order valence-electron chi connectivity index (χ3n) is 6.01. The van der Waals surface area contributed by atoms with E-state index in [2.05, 4.69) is 0 Å².